The third-order valence-corrected chi connectivity index (χ3v) is 5.43. The van der Waals surface area contributed by atoms with Gasteiger partial charge in [-0.05, 0) is 19.1 Å². The minimum Gasteiger partial charge on any atom is -0.468 e. The highest BCUT2D eigenvalue weighted by Gasteiger charge is 2.49. The minimum absolute atomic E-state index is 0.0845. The third-order valence-electron chi connectivity index (χ3n) is 3.98. The number of benzene rings is 1. The number of hydrogen-bond acceptors (Lipinski definition) is 8. The van der Waals surface area contributed by atoms with Crippen LogP contribution in [0.3, 0.4) is 0 Å². The second kappa shape index (κ2) is 7.77. The highest BCUT2D eigenvalue weighted by atomic mass is 32.2. The van der Waals surface area contributed by atoms with Gasteiger partial charge in [0.25, 0.3) is 0 Å². The molecule has 0 spiro atoms. The number of carbonyl (C=O) groups is 1. The van der Waals surface area contributed by atoms with E-state index >= 15 is 0 Å². The molecule has 1 aliphatic rings. The van der Waals surface area contributed by atoms with E-state index in [0.717, 1.165) is 12.7 Å². The lowest BCUT2D eigenvalue weighted by molar-refractivity contribution is -0.148. The summed E-state index contributed by atoms with van der Waals surface area (Å²) in [4.78, 5) is 11.9. The summed E-state index contributed by atoms with van der Waals surface area (Å²) in [7, 11) is -3.07. The van der Waals surface area contributed by atoms with Crippen LogP contribution in [0.15, 0.2) is 29.2 Å². The lowest BCUT2D eigenvalue weighted by Gasteiger charge is -2.24. The van der Waals surface area contributed by atoms with Gasteiger partial charge in [0.2, 0.25) is 10.0 Å². The Labute approximate surface area is 145 Å². The van der Waals surface area contributed by atoms with E-state index in [1.54, 1.807) is 19.1 Å². The summed E-state index contributed by atoms with van der Waals surface area (Å²) in [6, 6.07) is 4.31. The first-order valence-electron chi connectivity index (χ1n) is 7.50. The zero-order valence-corrected chi connectivity index (χ0v) is 14.5. The first-order valence-corrected chi connectivity index (χ1v) is 8.99. The summed E-state index contributed by atoms with van der Waals surface area (Å²) in [5.74, 6) is -0.995. The van der Waals surface area contributed by atoms with Crippen LogP contribution in [-0.2, 0) is 24.3 Å². The molecule has 1 fully saturated rings. The Hall–Kier alpha value is -1.56. The van der Waals surface area contributed by atoms with E-state index in [-0.39, 0.29) is 4.90 Å². The topological polar surface area (TPSA) is 142 Å². The van der Waals surface area contributed by atoms with Gasteiger partial charge >= 0.3 is 5.97 Å². The van der Waals surface area contributed by atoms with E-state index in [1.807, 2.05) is 0 Å². The number of aryl methyl sites for hydroxylation is 1. The van der Waals surface area contributed by atoms with Crippen molar-refractivity contribution in [1.29, 1.82) is 0 Å². The molecule has 9 nitrogen and oxygen atoms in total. The van der Waals surface area contributed by atoms with Crippen LogP contribution in [0.1, 0.15) is 5.56 Å². The molecule has 1 aromatic carbocycles. The Kier molecular flexibility index (Phi) is 6.14. The number of methoxy groups -OCH3 is 1. The number of rotatable bonds is 6. The second-order valence-corrected chi connectivity index (χ2v) is 7.45. The van der Waals surface area contributed by atoms with E-state index in [0.29, 0.717) is 0 Å². The van der Waals surface area contributed by atoms with E-state index in [4.69, 9.17) is 9.84 Å². The Morgan fingerprint density at radius 2 is 1.88 bits per heavy atom. The number of sulfonamides is 1. The van der Waals surface area contributed by atoms with Crippen molar-refractivity contribution in [3.8, 4) is 0 Å². The Morgan fingerprint density at radius 1 is 1.28 bits per heavy atom. The lowest BCUT2D eigenvalue weighted by atomic mass is 10.0. The van der Waals surface area contributed by atoms with E-state index in [9.17, 15) is 23.4 Å². The van der Waals surface area contributed by atoms with Gasteiger partial charge in [0.15, 0.2) is 0 Å². The molecule has 0 aromatic heterocycles. The summed E-state index contributed by atoms with van der Waals surface area (Å²) < 4.78 is 37.0. The number of ether oxygens (including phenoxy) is 2. The molecule has 140 valence electrons. The second-order valence-electron chi connectivity index (χ2n) is 5.74. The van der Waals surface area contributed by atoms with Gasteiger partial charge in [0, 0.05) is 0 Å². The Bertz CT molecular complexity index is 705. The molecule has 2 rings (SSSR count). The van der Waals surface area contributed by atoms with Crippen molar-refractivity contribution >= 4 is 16.0 Å². The number of esters is 1. The molecule has 1 aromatic rings. The highest BCUT2D eigenvalue weighted by Crippen LogP contribution is 2.25. The van der Waals surface area contributed by atoms with E-state index < -0.39 is 53.1 Å². The maximum Gasteiger partial charge on any atom is 0.326 e. The van der Waals surface area contributed by atoms with Gasteiger partial charge in [0.1, 0.15) is 30.5 Å². The number of nitrogens with one attached hydrogen (secondary N) is 1. The van der Waals surface area contributed by atoms with Crippen molar-refractivity contribution in [3.63, 3.8) is 0 Å². The number of aliphatic hydroxyl groups is 3. The van der Waals surface area contributed by atoms with E-state index in [2.05, 4.69) is 9.46 Å². The first-order chi connectivity index (χ1) is 11.7. The molecule has 0 amide bonds. The van der Waals surface area contributed by atoms with Crippen molar-refractivity contribution in [2.24, 2.45) is 0 Å². The molecule has 0 bridgehead atoms. The van der Waals surface area contributed by atoms with Crippen molar-refractivity contribution in [2.75, 3.05) is 13.7 Å². The van der Waals surface area contributed by atoms with Crippen molar-refractivity contribution in [2.45, 2.75) is 42.3 Å². The number of carbonyl (C=O) groups excluding carboxylic acids is 1. The summed E-state index contributed by atoms with van der Waals surface area (Å²) in [6.45, 7) is 1.19. The summed E-state index contributed by atoms with van der Waals surface area (Å²) in [5, 5.41) is 29.0. The van der Waals surface area contributed by atoms with Crippen LogP contribution in [0.4, 0.5) is 0 Å². The van der Waals surface area contributed by atoms with Gasteiger partial charge in [-0.15, -0.1) is 0 Å². The fraction of sp³-hybridized carbons (Fsp3) is 0.533. The summed E-state index contributed by atoms with van der Waals surface area (Å²) in [5.41, 5.74) is 0.854. The quantitative estimate of drug-likeness (QED) is 0.431. The number of aliphatic hydroxyl groups excluding tert-OH is 3. The molecule has 25 heavy (non-hydrogen) atoms. The van der Waals surface area contributed by atoms with Crippen LogP contribution in [0, 0.1) is 6.92 Å². The average Bonchev–Trinajstić information content (AvgIpc) is 2.87. The maximum absolute atomic E-state index is 12.5. The summed E-state index contributed by atoms with van der Waals surface area (Å²) >= 11 is 0. The predicted octanol–water partition coefficient (Wildman–Crippen LogP) is -1.70. The fourth-order valence-corrected chi connectivity index (χ4v) is 3.73. The van der Waals surface area contributed by atoms with Crippen molar-refractivity contribution < 1.29 is 38.0 Å². The van der Waals surface area contributed by atoms with Crippen LogP contribution in [-0.4, -0.2) is 73.9 Å². The van der Waals surface area contributed by atoms with Crippen LogP contribution in [0.5, 0.6) is 0 Å². The molecule has 1 saturated heterocycles. The molecule has 1 heterocycles. The van der Waals surface area contributed by atoms with Gasteiger partial charge in [-0.3, -0.25) is 4.79 Å². The molecule has 0 unspecified atom stereocenters. The first kappa shape index (κ1) is 19.8. The smallest absolute Gasteiger partial charge is 0.326 e. The molecule has 10 heteroatoms. The molecule has 5 atom stereocenters. The monoisotopic (exact) mass is 375 g/mol. The zero-order valence-electron chi connectivity index (χ0n) is 13.7. The molecule has 1 aliphatic heterocycles. The van der Waals surface area contributed by atoms with Gasteiger partial charge in [-0.25, -0.2) is 8.42 Å². The molecule has 0 saturated carbocycles. The minimum atomic E-state index is -4.12. The standard InChI is InChI=1S/C15H21NO8S/c1-8-3-5-9(6-4-8)25(21,22)16-11(15(20)23-2)14-13(19)12(18)10(7-17)24-14/h3-6,10-14,16-19H,7H2,1-2H3/t10-,11-,12-,13-,14+/m0/s1. The van der Waals surface area contributed by atoms with Gasteiger partial charge < -0.3 is 24.8 Å². The SMILES string of the molecule is COC(=O)[C@@H](NS(=O)(=O)c1ccc(C)cc1)[C@H]1O[C@@H](CO)[C@H](O)[C@@H]1O. The Balaban J connectivity index is 2.29. The molecular weight excluding hydrogens is 354 g/mol. The molecule has 0 radical (unpaired) electrons. The zero-order chi connectivity index (χ0) is 18.8. The van der Waals surface area contributed by atoms with E-state index in [1.165, 1.54) is 12.1 Å². The van der Waals surface area contributed by atoms with Crippen LogP contribution in [0.2, 0.25) is 0 Å². The number of hydrogen-bond donors (Lipinski definition) is 4. The third kappa shape index (κ3) is 4.17. The van der Waals surface area contributed by atoms with Crippen LogP contribution >= 0.6 is 0 Å². The maximum atomic E-state index is 12.5. The highest BCUT2D eigenvalue weighted by molar-refractivity contribution is 7.89. The Morgan fingerprint density at radius 3 is 2.36 bits per heavy atom. The molecule has 0 aliphatic carbocycles. The van der Waals surface area contributed by atoms with Crippen molar-refractivity contribution in [1.82, 2.24) is 4.72 Å². The normalized spacial score (nSPS) is 27.9. The van der Waals surface area contributed by atoms with Crippen LogP contribution in [0.25, 0.3) is 0 Å². The molecule has 4 N–H and O–H groups in total. The van der Waals surface area contributed by atoms with Gasteiger partial charge in [0.05, 0.1) is 18.6 Å². The van der Waals surface area contributed by atoms with Crippen LogP contribution < -0.4 is 4.72 Å². The fourth-order valence-electron chi connectivity index (χ4n) is 2.53. The predicted molar refractivity (Wildman–Crippen MR) is 85.1 cm³/mol. The lowest BCUT2D eigenvalue weighted by Crippen LogP contribution is -2.53. The average molecular weight is 375 g/mol. The molecular formula is C15H21NO8S. The van der Waals surface area contributed by atoms with Gasteiger partial charge in [-0.2, -0.15) is 4.72 Å². The largest absolute Gasteiger partial charge is 0.468 e. The van der Waals surface area contributed by atoms with Gasteiger partial charge in [-0.1, -0.05) is 17.7 Å². The summed E-state index contributed by atoms with van der Waals surface area (Å²) in [6.07, 6.45) is -5.61. The van der Waals surface area contributed by atoms with Crippen molar-refractivity contribution in [3.05, 3.63) is 29.8 Å².